The van der Waals surface area contributed by atoms with Gasteiger partial charge >= 0.3 is 0 Å². The van der Waals surface area contributed by atoms with E-state index in [0.717, 1.165) is 18.9 Å². The number of ether oxygens (including phenoxy) is 1. The van der Waals surface area contributed by atoms with Gasteiger partial charge in [0.05, 0.1) is 18.4 Å². The molecular formula is C11H19NO2. The molecule has 0 spiro atoms. The van der Waals surface area contributed by atoms with Crippen LogP contribution in [-0.2, 0) is 4.74 Å². The van der Waals surface area contributed by atoms with E-state index in [9.17, 15) is 0 Å². The summed E-state index contributed by atoms with van der Waals surface area (Å²) < 4.78 is 10.7. The predicted molar refractivity (Wildman–Crippen MR) is 56.2 cm³/mol. The minimum absolute atomic E-state index is 0.243. The Morgan fingerprint density at radius 1 is 1.50 bits per heavy atom. The molecule has 0 aliphatic heterocycles. The van der Waals surface area contributed by atoms with Crippen LogP contribution in [0.5, 0.6) is 0 Å². The summed E-state index contributed by atoms with van der Waals surface area (Å²) in [6.45, 7) is 7.75. The Hall–Kier alpha value is -0.800. The second kappa shape index (κ2) is 5.83. The van der Waals surface area contributed by atoms with Crippen molar-refractivity contribution in [3.63, 3.8) is 0 Å². The van der Waals surface area contributed by atoms with Gasteiger partial charge in [-0.2, -0.15) is 0 Å². The van der Waals surface area contributed by atoms with E-state index in [2.05, 4.69) is 19.2 Å². The van der Waals surface area contributed by atoms with E-state index in [0.29, 0.717) is 0 Å². The van der Waals surface area contributed by atoms with Gasteiger partial charge in [0, 0.05) is 13.2 Å². The highest BCUT2D eigenvalue weighted by molar-refractivity contribution is 5.02. The molecule has 1 aromatic rings. The van der Waals surface area contributed by atoms with Gasteiger partial charge in [0.15, 0.2) is 0 Å². The fraction of sp³-hybridized carbons (Fsp3) is 0.636. The van der Waals surface area contributed by atoms with E-state index in [4.69, 9.17) is 9.15 Å². The molecule has 3 nitrogen and oxygen atoms in total. The Balaban J connectivity index is 2.24. The first-order valence-electron chi connectivity index (χ1n) is 5.12. The molecule has 3 heteroatoms. The first kappa shape index (κ1) is 11.3. The van der Waals surface area contributed by atoms with Crippen molar-refractivity contribution in [1.29, 1.82) is 0 Å². The number of furan rings is 1. The first-order valence-corrected chi connectivity index (χ1v) is 5.12. The molecule has 0 aromatic carbocycles. The molecule has 0 radical (unpaired) electrons. The summed E-state index contributed by atoms with van der Waals surface area (Å²) in [5, 5.41) is 3.35. The van der Waals surface area contributed by atoms with Gasteiger partial charge in [0.25, 0.3) is 0 Å². The zero-order chi connectivity index (χ0) is 10.4. The van der Waals surface area contributed by atoms with Crippen LogP contribution >= 0.6 is 0 Å². The van der Waals surface area contributed by atoms with Crippen LogP contribution in [0.15, 0.2) is 22.8 Å². The van der Waals surface area contributed by atoms with Gasteiger partial charge in [0.1, 0.15) is 5.76 Å². The lowest BCUT2D eigenvalue weighted by Crippen LogP contribution is -2.28. The highest BCUT2D eigenvalue weighted by Gasteiger charge is 2.08. The molecule has 14 heavy (non-hydrogen) atoms. The van der Waals surface area contributed by atoms with Gasteiger partial charge in [0.2, 0.25) is 0 Å². The Bertz CT molecular complexity index is 233. The van der Waals surface area contributed by atoms with Crippen molar-refractivity contribution in [3.8, 4) is 0 Å². The Kier molecular flexibility index (Phi) is 4.70. The van der Waals surface area contributed by atoms with Crippen LogP contribution in [-0.4, -0.2) is 19.3 Å². The lowest BCUT2D eigenvalue weighted by atomic mass is 10.2. The molecule has 2 atom stereocenters. The van der Waals surface area contributed by atoms with Crippen LogP contribution in [0.2, 0.25) is 0 Å². The van der Waals surface area contributed by atoms with Gasteiger partial charge in [-0.1, -0.05) is 0 Å². The maximum Gasteiger partial charge on any atom is 0.120 e. The number of rotatable bonds is 6. The quantitative estimate of drug-likeness (QED) is 0.760. The van der Waals surface area contributed by atoms with Crippen LogP contribution in [0.1, 0.15) is 32.6 Å². The highest BCUT2D eigenvalue weighted by Crippen LogP contribution is 2.11. The third-order valence-corrected chi connectivity index (χ3v) is 2.13. The van der Waals surface area contributed by atoms with Crippen LogP contribution in [0.4, 0.5) is 0 Å². The Morgan fingerprint density at radius 2 is 2.29 bits per heavy atom. The smallest absolute Gasteiger partial charge is 0.120 e. The number of hydrogen-bond acceptors (Lipinski definition) is 3. The maximum atomic E-state index is 5.42. The third-order valence-electron chi connectivity index (χ3n) is 2.13. The highest BCUT2D eigenvalue weighted by atomic mass is 16.5. The van der Waals surface area contributed by atoms with Crippen molar-refractivity contribution in [3.05, 3.63) is 24.2 Å². The van der Waals surface area contributed by atoms with Crippen molar-refractivity contribution in [2.75, 3.05) is 13.2 Å². The maximum absolute atomic E-state index is 5.42. The van der Waals surface area contributed by atoms with E-state index in [1.54, 1.807) is 6.26 Å². The summed E-state index contributed by atoms with van der Waals surface area (Å²) in [6.07, 6.45) is 1.94. The van der Waals surface area contributed by atoms with E-state index in [1.807, 2.05) is 19.1 Å². The molecule has 1 N–H and O–H groups in total. The monoisotopic (exact) mass is 197 g/mol. The van der Waals surface area contributed by atoms with Crippen molar-refractivity contribution < 1.29 is 9.15 Å². The Labute approximate surface area is 85.4 Å². The van der Waals surface area contributed by atoms with Gasteiger partial charge in [-0.3, -0.25) is 0 Å². The van der Waals surface area contributed by atoms with E-state index < -0.39 is 0 Å². The fourth-order valence-corrected chi connectivity index (χ4v) is 1.32. The second-order valence-electron chi connectivity index (χ2n) is 3.41. The molecule has 1 aromatic heterocycles. The Morgan fingerprint density at radius 3 is 2.86 bits per heavy atom. The van der Waals surface area contributed by atoms with Gasteiger partial charge in [-0.05, 0) is 32.9 Å². The summed E-state index contributed by atoms with van der Waals surface area (Å²) in [5.41, 5.74) is 0. The van der Waals surface area contributed by atoms with Crippen LogP contribution < -0.4 is 5.32 Å². The summed E-state index contributed by atoms with van der Waals surface area (Å²) in [6, 6.07) is 4.12. The summed E-state index contributed by atoms with van der Waals surface area (Å²) >= 11 is 0. The molecular weight excluding hydrogens is 178 g/mol. The van der Waals surface area contributed by atoms with E-state index in [-0.39, 0.29) is 12.1 Å². The van der Waals surface area contributed by atoms with Crippen LogP contribution in [0.25, 0.3) is 0 Å². The van der Waals surface area contributed by atoms with E-state index >= 15 is 0 Å². The van der Waals surface area contributed by atoms with Gasteiger partial charge in [-0.15, -0.1) is 0 Å². The lowest BCUT2D eigenvalue weighted by molar-refractivity contribution is 0.0738. The second-order valence-corrected chi connectivity index (χ2v) is 3.41. The molecule has 0 bridgehead atoms. The summed E-state index contributed by atoms with van der Waals surface area (Å²) in [5.74, 6) is 0.966. The molecule has 2 unspecified atom stereocenters. The first-order chi connectivity index (χ1) is 6.74. The van der Waals surface area contributed by atoms with Crippen LogP contribution in [0, 0.1) is 0 Å². The summed E-state index contributed by atoms with van der Waals surface area (Å²) in [4.78, 5) is 0. The van der Waals surface area contributed by atoms with E-state index in [1.165, 1.54) is 0 Å². The van der Waals surface area contributed by atoms with Gasteiger partial charge < -0.3 is 14.5 Å². The zero-order valence-corrected chi connectivity index (χ0v) is 9.12. The SMILES string of the molecule is CCOC(C)CNC(C)c1ccco1. The third kappa shape index (κ3) is 3.52. The molecule has 0 saturated heterocycles. The zero-order valence-electron chi connectivity index (χ0n) is 9.12. The molecule has 0 aliphatic carbocycles. The standard InChI is InChI=1S/C11H19NO2/c1-4-13-9(2)8-12-10(3)11-6-5-7-14-11/h5-7,9-10,12H,4,8H2,1-3H3. The molecule has 0 aliphatic rings. The van der Waals surface area contributed by atoms with Crippen molar-refractivity contribution in [2.45, 2.75) is 32.9 Å². The average molecular weight is 197 g/mol. The number of hydrogen-bond donors (Lipinski definition) is 1. The largest absolute Gasteiger partial charge is 0.468 e. The van der Waals surface area contributed by atoms with Crippen molar-refractivity contribution in [1.82, 2.24) is 5.32 Å². The normalized spacial score (nSPS) is 15.4. The topological polar surface area (TPSA) is 34.4 Å². The molecule has 0 fully saturated rings. The molecule has 1 rings (SSSR count). The number of nitrogens with one attached hydrogen (secondary N) is 1. The van der Waals surface area contributed by atoms with Crippen molar-refractivity contribution in [2.24, 2.45) is 0 Å². The van der Waals surface area contributed by atoms with Crippen molar-refractivity contribution >= 4 is 0 Å². The molecule has 0 saturated carbocycles. The minimum Gasteiger partial charge on any atom is -0.468 e. The summed E-state index contributed by atoms with van der Waals surface area (Å²) in [7, 11) is 0. The average Bonchev–Trinajstić information content (AvgIpc) is 2.67. The molecule has 80 valence electrons. The van der Waals surface area contributed by atoms with Crippen LogP contribution in [0.3, 0.4) is 0 Å². The fourth-order valence-electron chi connectivity index (χ4n) is 1.32. The predicted octanol–water partition coefficient (Wildman–Crippen LogP) is 2.36. The lowest BCUT2D eigenvalue weighted by Gasteiger charge is -2.16. The minimum atomic E-state index is 0.243. The molecule has 0 amide bonds. The van der Waals surface area contributed by atoms with Gasteiger partial charge in [-0.25, -0.2) is 0 Å². The molecule has 1 heterocycles.